The van der Waals surface area contributed by atoms with Crippen molar-refractivity contribution >= 4 is 11.6 Å². The van der Waals surface area contributed by atoms with Gasteiger partial charge in [-0.1, -0.05) is 11.6 Å². The average Bonchev–Trinajstić information content (AvgIpc) is 2.23. The Morgan fingerprint density at radius 3 is 1.84 bits per heavy atom. The van der Waals surface area contributed by atoms with Crippen molar-refractivity contribution in [2.24, 2.45) is 0 Å². The van der Waals surface area contributed by atoms with E-state index in [2.05, 4.69) is 9.47 Å². The van der Waals surface area contributed by atoms with Gasteiger partial charge in [0.2, 0.25) is 0 Å². The predicted molar refractivity (Wildman–Crippen MR) is 53.9 cm³/mol. The van der Waals surface area contributed by atoms with Crippen molar-refractivity contribution in [1.82, 2.24) is 0 Å². The highest BCUT2D eigenvalue weighted by atomic mass is 35.5. The van der Waals surface area contributed by atoms with E-state index in [0.717, 1.165) is 0 Å². The van der Waals surface area contributed by atoms with E-state index in [4.69, 9.17) is 11.6 Å². The second-order valence-electron chi connectivity index (χ2n) is 3.35. The van der Waals surface area contributed by atoms with Crippen LogP contribution in [0.15, 0.2) is 24.3 Å². The number of halogens is 7. The Morgan fingerprint density at radius 1 is 0.947 bits per heavy atom. The number of ether oxygens (including phenoxy) is 2. The van der Waals surface area contributed by atoms with Crippen LogP contribution in [0.2, 0.25) is 5.02 Å². The molecule has 0 spiro atoms. The van der Waals surface area contributed by atoms with Crippen molar-refractivity contribution in [2.45, 2.75) is 18.5 Å². The second-order valence-corrected chi connectivity index (χ2v) is 3.78. The molecule has 1 rings (SSSR count). The van der Waals surface area contributed by atoms with Crippen molar-refractivity contribution in [1.29, 1.82) is 0 Å². The SMILES string of the molecule is FC(F)(F)C(OCOc1ccc(Cl)cc1)C(F)(F)F. The van der Waals surface area contributed by atoms with E-state index in [0.29, 0.717) is 5.02 Å². The molecule has 0 bridgehead atoms. The van der Waals surface area contributed by atoms with E-state index in [1.807, 2.05) is 0 Å². The van der Waals surface area contributed by atoms with Crippen LogP contribution in [0, 0.1) is 0 Å². The van der Waals surface area contributed by atoms with Crippen molar-refractivity contribution in [3.05, 3.63) is 29.3 Å². The molecule has 0 amide bonds. The Morgan fingerprint density at radius 2 is 1.42 bits per heavy atom. The third kappa shape index (κ3) is 5.15. The average molecular weight is 309 g/mol. The monoisotopic (exact) mass is 308 g/mol. The molecule has 0 N–H and O–H groups in total. The second kappa shape index (κ2) is 5.87. The van der Waals surface area contributed by atoms with Gasteiger partial charge in [0, 0.05) is 5.02 Å². The molecule has 1 aromatic carbocycles. The summed E-state index contributed by atoms with van der Waals surface area (Å²) in [5.41, 5.74) is 0. The molecular weight excluding hydrogens is 302 g/mol. The summed E-state index contributed by atoms with van der Waals surface area (Å²) in [6, 6.07) is 5.29. The third-order valence-corrected chi connectivity index (χ3v) is 2.12. The Bertz CT molecular complexity index is 386. The van der Waals surface area contributed by atoms with Gasteiger partial charge in [-0.15, -0.1) is 0 Å². The van der Waals surface area contributed by atoms with Gasteiger partial charge in [-0.2, -0.15) is 26.3 Å². The lowest BCUT2D eigenvalue weighted by Crippen LogP contribution is -2.45. The van der Waals surface area contributed by atoms with Gasteiger partial charge in [0.25, 0.3) is 6.10 Å². The number of rotatable bonds is 4. The summed E-state index contributed by atoms with van der Waals surface area (Å²) in [4.78, 5) is 0. The summed E-state index contributed by atoms with van der Waals surface area (Å²) in [6.07, 6.45) is -15.0. The van der Waals surface area contributed by atoms with Gasteiger partial charge in [-0.05, 0) is 24.3 Å². The van der Waals surface area contributed by atoms with Crippen LogP contribution in [-0.4, -0.2) is 25.2 Å². The molecule has 0 aliphatic rings. The molecule has 2 nitrogen and oxygen atoms in total. The third-order valence-electron chi connectivity index (χ3n) is 1.87. The zero-order valence-corrected chi connectivity index (χ0v) is 9.81. The summed E-state index contributed by atoms with van der Waals surface area (Å²) in [5.74, 6) is 0.0347. The quantitative estimate of drug-likeness (QED) is 0.613. The van der Waals surface area contributed by atoms with Crippen LogP contribution in [0.5, 0.6) is 5.75 Å². The Balaban J connectivity index is 2.56. The van der Waals surface area contributed by atoms with Gasteiger partial charge in [0.15, 0.2) is 6.79 Å². The fourth-order valence-corrected chi connectivity index (χ4v) is 1.20. The topological polar surface area (TPSA) is 18.5 Å². The van der Waals surface area contributed by atoms with Gasteiger partial charge >= 0.3 is 12.4 Å². The molecule has 0 aliphatic carbocycles. The van der Waals surface area contributed by atoms with Crippen molar-refractivity contribution in [3.8, 4) is 5.75 Å². The zero-order valence-electron chi connectivity index (χ0n) is 9.06. The predicted octanol–water partition coefficient (Wildman–Crippen LogP) is 4.19. The molecule has 108 valence electrons. The maximum atomic E-state index is 12.1. The number of alkyl halides is 6. The molecule has 1 aromatic rings. The fraction of sp³-hybridized carbons (Fsp3) is 0.400. The number of benzene rings is 1. The molecule has 9 heteroatoms. The van der Waals surface area contributed by atoms with E-state index in [1.165, 1.54) is 24.3 Å². The molecule has 0 heterocycles. The fourth-order valence-electron chi connectivity index (χ4n) is 1.08. The van der Waals surface area contributed by atoms with Crippen LogP contribution in [0.4, 0.5) is 26.3 Å². The summed E-state index contributed by atoms with van der Waals surface area (Å²) in [5, 5.41) is 0.344. The van der Waals surface area contributed by atoms with Crippen LogP contribution >= 0.6 is 11.6 Å². The molecule has 0 saturated heterocycles. The Hall–Kier alpha value is -1.15. The standard InChI is InChI=1S/C10H7ClF6O2/c11-6-1-3-7(4-2-6)18-5-19-8(9(12,13)14)10(15,16)17/h1-4,8H,5H2. The minimum atomic E-state index is -5.55. The minimum Gasteiger partial charge on any atom is -0.468 e. The first-order valence-electron chi connectivity index (χ1n) is 4.74. The highest BCUT2D eigenvalue weighted by molar-refractivity contribution is 6.30. The highest BCUT2D eigenvalue weighted by Crippen LogP contribution is 2.35. The van der Waals surface area contributed by atoms with Crippen LogP contribution in [0.25, 0.3) is 0 Å². The molecule has 0 aromatic heterocycles. The Kier molecular flexibility index (Phi) is 4.92. The molecule has 0 unspecified atom stereocenters. The van der Waals surface area contributed by atoms with E-state index >= 15 is 0 Å². The Labute approximate surface area is 108 Å². The van der Waals surface area contributed by atoms with E-state index < -0.39 is 25.2 Å². The lowest BCUT2D eigenvalue weighted by molar-refractivity contribution is -0.330. The summed E-state index contributed by atoms with van der Waals surface area (Å²) >= 11 is 5.53. The molecule has 19 heavy (non-hydrogen) atoms. The van der Waals surface area contributed by atoms with Crippen LogP contribution < -0.4 is 4.74 Å². The highest BCUT2D eigenvalue weighted by Gasteiger charge is 2.58. The van der Waals surface area contributed by atoms with Gasteiger partial charge in [-0.25, -0.2) is 0 Å². The largest absolute Gasteiger partial charge is 0.468 e. The summed E-state index contributed by atoms with van der Waals surface area (Å²) in [7, 11) is 0. The first-order valence-corrected chi connectivity index (χ1v) is 5.12. The maximum Gasteiger partial charge on any atom is 0.423 e. The van der Waals surface area contributed by atoms with Crippen molar-refractivity contribution in [3.63, 3.8) is 0 Å². The molecule has 0 aliphatic heterocycles. The molecule has 0 atom stereocenters. The molecular formula is C10H7ClF6O2. The van der Waals surface area contributed by atoms with Crippen LogP contribution in [0.1, 0.15) is 0 Å². The van der Waals surface area contributed by atoms with Gasteiger partial charge in [0.1, 0.15) is 5.75 Å². The van der Waals surface area contributed by atoms with Crippen molar-refractivity contribution < 1.29 is 35.8 Å². The first-order chi connectivity index (χ1) is 8.60. The van der Waals surface area contributed by atoms with E-state index in [1.54, 1.807) is 0 Å². The first kappa shape index (κ1) is 15.9. The van der Waals surface area contributed by atoms with Crippen LogP contribution in [-0.2, 0) is 4.74 Å². The molecule has 0 saturated carbocycles. The van der Waals surface area contributed by atoms with E-state index in [-0.39, 0.29) is 5.75 Å². The number of hydrogen-bond acceptors (Lipinski definition) is 2. The smallest absolute Gasteiger partial charge is 0.423 e. The van der Waals surface area contributed by atoms with Crippen LogP contribution in [0.3, 0.4) is 0 Å². The molecule has 0 radical (unpaired) electrons. The minimum absolute atomic E-state index is 0.0347. The van der Waals surface area contributed by atoms with Crippen molar-refractivity contribution in [2.75, 3.05) is 6.79 Å². The maximum absolute atomic E-state index is 12.1. The molecule has 0 fully saturated rings. The summed E-state index contributed by atoms with van der Waals surface area (Å²) in [6.45, 7) is -1.19. The number of hydrogen-bond donors (Lipinski definition) is 0. The lowest BCUT2D eigenvalue weighted by atomic mass is 10.3. The van der Waals surface area contributed by atoms with E-state index in [9.17, 15) is 26.3 Å². The zero-order chi connectivity index (χ0) is 14.7. The van der Waals surface area contributed by atoms with Gasteiger partial charge in [0.05, 0.1) is 0 Å². The lowest BCUT2D eigenvalue weighted by Gasteiger charge is -2.22. The normalized spacial score (nSPS) is 12.8. The van der Waals surface area contributed by atoms with Gasteiger partial charge in [-0.3, -0.25) is 0 Å². The summed E-state index contributed by atoms with van der Waals surface area (Å²) < 4.78 is 80.8. The van der Waals surface area contributed by atoms with Gasteiger partial charge < -0.3 is 9.47 Å².